The van der Waals surface area contributed by atoms with E-state index in [-0.39, 0.29) is 5.82 Å². The number of benzene rings is 1. The predicted molar refractivity (Wildman–Crippen MR) is 86.1 cm³/mol. The maximum atomic E-state index is 13.2. The Hall–Kier alpha value is -1.33. The molecule has 0 aliphatic rings. The van der Waals surface area contributed by atoms with E-state index in [1.54, 1.807) is 23.9 Å². The Morgan fingerprint density at radius 1 is 1.43 bits per heavy atom. The van der Waals surface area contributed by atoms with Crippen LogP contribution in [-0.4, -0.2) is 28.1 Å². The summed E-state index contributed by atoms with van der Waals surface area (Å²) in [5.41, 5.74) is 1.26. The zero-order chi connectivity index (χ0) is 15.1. The monoisotopic (exact) mass is 307 g/mol. The summed E-state index contributed by atoms with van der Waals surface area (Å²) in [5, 5.41) is 7.70. The van der Waals surface area contributed by atoms with Gasteiger partial charge in [-0.05, 0) is 43.1 Å². The van der Waals surface area contributed by atoms with Crippen LogP contribution in [0.3, 0.4) is 0 Å². The Bertz CT molecular complexity index is 556. The number of hydrogen-bond acceptors (Lipinski definition) is 3. The van der Waals surface area contributed by atoms with E-state index in [1.165, 1.54) is 11.6 Å². The van der Waals surface area contributed by atoms with Crippen molar-refractivity contribution in [1.29, 1.82) is 0 Å². The van der Waals surface area contributed by atoms with Gasteiger partial charge in [-0.2, -0.15) is 5.10 Å². The molecular formula is C16H22FN3S. The molecule has 1 unspecified atom stereocenters. The predicted octanol–water partition coefficient (Wildman–Crippen LogP) is 3.26. The van der Waals surface area contributed by atoms with Crippen molar-refractivity contribution in [3.63, 3.8) is 0 Å². The van der Waals surface area contributed by atoms with Gasteiger partial charge in [0.05, 0.1) is 6.20 Å². The molecule has 1 heterocycles. The van der Waals surface area contributed by atoms with Crippen molar-refractivity contribution < 1.29 is 4.39 Å². The van der Waals surface area contributed by atoms with Crippen LogP contribution in [-0.2, 0) is 13.5 Å². The Kier molecular flexibility index (Phi) is 6.26. The molecule has 3 nitrogen and oxygen atoms in total. The molecule has 0 bridgehead atoms. The number of aromatic nitrogens is 2. The Labute approximate surface area is 129 Å². The van der Waals surface area contributed by atoms with Gasteiger partial charge in [0.15, 0.2) is 0 Å². The molecule has 2 rings (SSSR count). The second-order valence-electron chi connectivity index (χ2n) is 5.08. The van der Waals surface area contributed by atoms with E-state index in [0.29, 0.717) is 6.04 Å². The lowest BCUT2D eigenvalue weighted by Gasteiger charge is -2.17. The summed E-state index contributed by atoms with van der Waals surface area (Å²) in [5.74, 6) is 0.771. The minimum atomic E-state index is -0.171. The van der Waals surface area contributed by atoms with Crippen LogP contribution in [0, 0.1) is 5.82 Å². The van der Waals surface area contributed by atoms with Gasteiger partial charge in [0.2, 0.25) is 0 Å². The second kappa shape index (κ2) is 8.20. The molecule has 0 fully saturated rings. The molecular weight excluding hydrogens is 285 g/mol. The van der Waals surface area contributed by atoms with Crippen molar-refractivity contribution in [2.75, 3.05) is 12.3 Å². The van der Waals surface area contributed by atoms with E-state index in [9.17, 15) is 4.39 Å². The molecule has 0 saturated heterocycles. The van der Waals surface area contributed by atoms with Gasteiger partial charge in [-0.1, -0.05) is 13.0 Å². The minimum absolute atomic E-state index is 0.171. The normalized spacial score (nSPS) is 12.5. The summed E-state index contributed by atoms with van der Waals surface area (Å²) in [7, 11) is 1.94. The highest BCUT2D eigenvalue weighted by Gasteiger charge is 2.09. The Morgan fingerprint density at radius 3 is 2.95 bits per heavy atom. The quantitative estimate of drug-likeness (QED) is 0.759. The van der Waals surface area contributed by atoms with Crippen molar-refractivity contribution >= 4 is 11.8 Å². The number of halogens is 1. The number of rotatable bonds is 8. The average Bonchev–Trinajstić information content (AvgIpc) is 2.88. The zero-order valence-corrected chi connectivity index (χ0v) is 13.4. The van der Waals surface area contributed by atoms with Crippen LogP contribution >= 0.6 is 11.8 Å². The number of aryl methyl sites for hydroxylation is 2. The van der Waals surface area contributed by atoms with Crippen molar-refractivity contribution in [2.45, 2.75) is 30.7 Å². The molecule has 0 aliphatic carbocycles. The van der Waals surface area contributed by atoms with Gasteiger partial charge in [0.25, 0.3) is 0 Å². The van der Waals surface area contributed by atoms with Crippen LogP contribution in [0.1, 0.15) is 18.9 Å². The van der Waals surface area contributed by atoms with Gasteiger partial charge in [0.1, 0.15) is 5.82 Å². The first-order valence-electron chi connectivity index (χ1n) is 7.26. The van der Waals surface area contributed by atoms with Crippen LogP contribution in [0.4, 0.5) is 4.39 Å². The van der Waals surface area contributed by atoms with Crippen LogP contribution in [0.15, 0.2) is 41.6 Å². The number of thioether (sulfide) groups is 1. The van der Waals surface area contributed by atoms with Gasteiger partial charge in [-0.25, -0.2) is 4.39 Å². The lowest BCUT2D eigenvalue weighted by atomic mass is 10.1. The molecule has 1 atom stereocenters. The highest BCUT2D eigenvalue weighted by Crippen LogP contribution is 2.20. The molecule has 2 aromatic rings. The summed E-state index contributed by atoms with van der Waals surface area (Å²) in [6.07, 6.45) is 6.04. The molecule has 0 saturated carbocycles. The SMILES string of the molecule is CCNC(CCc1cnn(C)c1)CSc1cccc(F)c1. The summed E-state index contributed by atoms with van der Waals surface area (Å²) in [4.78, 5) is 0.985. The van der Waals surface area contributed by atoms with Crippen LogP contribution < -0.4 is 5.32 Å². The van der Waals surface area contributed by atoms with Crippen molar-refractivity contribution in [2.24, 2.45) is 7.05 Å². The highest BCUT2D eigenvalue weighted by molar-refractivity contribution is 7.99. The second-order valence-corrected chi connectivity index (χ2v) is 6.18. The summed E-state index contributed by atoms with van der Waals surface area (Å²) in [6, 6.07) is 7.21. The van der Waals surface area contributed by atoms with E-state index < -0.39 is 0 Å². The maximum absolute atomic E-state index is 13.2. The Balaban J connectivity index is 1.83. The molecule has 1 aromatic carbocycles. The van der Waals surface area contributed by atoms with E-state index in [2.05, 4.69) is 23.5 Å². The van der Waals surface area contributed by atoms with Crippen molar-refractivity contribution in [3.8, 4) is 0 Å². The van der Waals surface area contributed by atoms with E-state index in [4.69, 9.17) is 0 Å². The van der Waals surface area contributed by atoms with Gasteiger partial charge < -0.3 is 5.32 Å². The number of hydrogen-bond donors (Lipinski definition) is 1. The third-order valence-electron chi connectivity index (χ3n) is 3.28. The topological polar surface area (TPSA) is 29.9 Å². The highest BCUT2D eigenvalue weighted by atomic mass is 32.2. The van der Waals surface area contributed by atoms with E-state index >= 15 is 0 Å². The van der Waals surface area contributed by atoms with Gasteiger partial charge in [-0.3, -0.25) is 4.68 Å². The molecule has 21 heavy (non-hydrogen) atoms. The van der Waals surface area contributed by atoms with Gasteiger partial charge in [0, 0.05) is 29.9 Å². The average molecular weight is 307 g/mol. The Morgan fingerprint density at radius 2 is 2.29 bits per heavy atom. The maximum Gasteiger partial charge on any atom is 0.124 e. The van der Waals surface area contributed by atoms with Gasteiger partial charge >= 0.3 is 0 Å². The lowest BCUT2D eigenvalue weighted by molar-refractivity contribution is 0.537. The molecule has 0 radical (unpaired) electrons. The fraction of sp³-hybridized carbons (Fsp3) is 0.438. The molecule has 1 aromatic heterocycles. The third-order valence-corrected chi connectivity index (χ3v) is 4.44. The molecule has 114 valence electrons. The first-order valence-corrected chi connectivity index (χ1v) is 8.25. The first kappa shape index (κ1) is 16.0. The van der Waals surface area contributed by atoms with E-state index in [1.807, 2.05) is 24.0 Å². The summed E-state index contributed by atoms with van der Waals surface area (Å²) in [6.45, 7) is 3.06. The number of nitrogens with one attached hydrogen (secondary N) is 1. The largest absolute Gasteiger partial charge is 0.313 e. The van der Waals surface area contributed by atoms with Crippen LogP contribution in [0.25, 0.3) is 0 Å². The fourth-order valence-corrected chi connectivity index (χ4v) is 3.28. The first-order chi connectivity index (χ1) is 10.2. The number of nitrogens with zero attached hydrogens (tertiary/aromatic N) is 2. The fourth-order valence-electron chi connectivity index (χ4n) is 2.23. The minimum Gasteiger partial charge on any atom is -0.313 e. The van der Waals surface area contributed by atoms with Gasteiger partial charge in [-0.15, -0.1) is 11.8 Å². The smallest absolute Gasteiger partial charge is 0.124 e. The zero-order valence-electron chi connectivity index (χ0n) is 12.6. The molecule has 0 spiro atoms. The molecule has 0 amide bonds. The standard InChI is InChI=1S/C16H22FN3S/c1-3-18-15(8-7-13-10-19-20(2)11-13)12-21-16-6-4-5-14(17)9-16/h4-6,9-11,15,18H,3,7-8,12H2,1-2H3. The molecule has 1 N–H and O–H groups in total. The van der Waals surface area contributed by atoms with Crippen LogP contribution in [0.2, 0.25) is 0 Å². The molecule has 0 aliphatic heterocycles. The van der Waals surface area contributed by atoms with Crippen molar-refractivity contribution in [3.05, 3.63) is 48.0 Å². The van der Waals surface area contributed by atoms with Crippen LogP contribution in [0.5, 0.6) is 0 Å². The van der Waals surface area contributed by atoms with E-state index in [0.717, 1.165) is 30.0 Å². The summed E-state index contributed by atoms with van der Waals surface area (Å²) < 4.78 is 15.0. The summed E-state index contributed by atoms with van der Waals surface area (Å²) >= 11 is 1.70. The third kappa shape index (κ3) is 5.52. The van der Waals surface area contributed by atoms with Crippen molar-refractivity contribution in [1.82, 2.24) is 15.1 Å². The molecule has 5 heteroatoms. The lowest BCUT2D eigenvalue weighted by Crippen LogP contribution is -2.31.